The van der Waals surface area contributed by atoms with Crippen molar-refractivity contribution in [2.75, 3.05) is 18.5 Å². The topological polar surface area (TPSA) is 215 Å². The van der Waals surface area contributed by atoms with Gasteiger partial charge < -0.3 is 24.9 Å². The molecule has 0 amide bonds. The van der Waals surface area contributed by atoms with Crippen LogP contribution in [-0.2, 0) is 26.8 Å². The normalized spacial score (nSPS) is 16.6. The zero-order valence-corrected chi connectivity index (χ0v) is 14.8. The van der Waals surface area contributed by atoms with Gasteiger partial charge in [-0.15, -0.1) is 0 Å². The highest BCUT2D eigenvalue weighted by Crippen LogP contribution is 2.66. The third kappa shape index (κ3) is 8.66. The molecule has 5 N–H and O–H groups in total. The second-order valence-electron chi connectivity index (χ2n) is 4.13. The maximum atomic E-state index is 11.4. The van der Waals surface area contributed by atoms with Crippen molar-refractivity contribution in [2.24, 2.45) is 0 Å². The first-order valence-electron chi connectivity index (χ1n) is 6.07. The summed E-state index contributed by atoms with van der Waals surface area (Å²) in [4.78, 5) is 45.0. The van der Waals surface area contributed by atoms with E-state index >= 15 is 0 Å². The number of nitrogens with one attached hydrogen (secondary N) is 1. The second-order valence-corrected chi connectivity index (χ2v) is 8.55. The summed E-state index contributed by atoms with van der Waals surface area (Å²) in [5.74, 6) is 0. The zero-order valence-electron chi connectivity index (χ0n) is 12.1. The van der Waals surface area contributed by atoms with Crippen LogP contribution in [0.1, 0.15) is 0 Å². The Bertz CT molecular complexity index is 762. The summed E-state index contributed by atoms with van der Waals surface area (Å²) in [7, 11) is -16.2. The molecule has 0 bridgehead atoms. The van der Waals surface area contributed by atoms with E-state index in [9.17, 15) is 28.7 Å². The van der Waals surface area contributed by atoms with Crippen molar-refractivity contribution >= 4 is 34.8 Å². The Hall–Kier alpha value is -1.17. The fourth-order valence-corrected chi connectivity index (χ4v) is 4.45. The molecule has 2 atom stereocenters. The molecule has 0 aliphatic heterocycles. The van der Waals surface area contributed by atoms with E-state index in [2.05, 4.69) is 18.5 Å². The monoisotopic (exact) mass is 422 g/mol. The molecule has 0 fully saturated rings. The first-order chi connectivity index (χ1) is 11.3. The van der Waals surface area contributed by atoms with E-state index in [0.29, 0.717) is 0 Å². The van der Waals surface area contributed by atoms with Crippen LogP contribution in [0.4, 0.5) is 11.4 Å². The lowest BCUT2D eigenvalue weighted by Gasteiger charge is -2.16. The number of phosphoric ester groups is 1. The van der Waals surface area contributed by atoms with Gasteiger partial charge in [-0.05, 0) is 6.07 Å². The molecule has 142 valence electrons. The van der Waals surface area contributed by atoms with Crippen LogP contribution < -0.4 is 5.32 Å². The molecule has 0 saturated carbocycles. The fourth-order valence-electron chi connectivity index (χ4n) is 1.43. The third-order valence-corrected chi connectivity index (χ3v) is 6.02. The first-order valence-corrected chi connectivity index (χ1v) is 10.6. The van der Waals surface area contributed by atoms with E-state index in [1.54, 1.807) is 0 Å². The Balaban J connectivity index is 2.55. The maximum absolute atomic E-state index is 11.4. The molecule has 1 aromatic carbocycles. The highest BCUT2D eigenvalue weighted by Gasteiger charge is 2.40. The Kier molecular flexibility index (Phi) is 7.41. The first kappa shape index (κ1) is 21.9. The number of rotatable bonds is 10. The summed E-state index contributed by atoms with van der Waals surface area (Å²) in [5, 5.41) is 13.3. The van der Waals surface area contributed by atoms with Gasteiger partial charge in [-0.1, -0.05) is 12.1 Å². The van der Waals surface area contributed by atoms with Gasteiger partial charge in [-0.3, -0.25) is 14.6 Å². The number of anilines is 1. The number of phosphoric acid groups is 3. The number of nitrogens with zero attached hydrogens (tertiary/aromatic N) is 1. The molecule has 0 aliphatic carbocycles. The molecular weight excluding hydrogens is 409 g/mol. The van der Waals surface area contributed by atoms with Gasteiger partial charge in [0, 0.05) is 12.6 Å². The SMILES string of the molecule is O=[N+]([O-])c1ccccc1NCCOP(=O)(O)OP(=O)(O)OP(=O)(O)O. The average Bonchev–Trinajstić information content (AvgIpc) is 2.39. The van der Waals surface area contributed by atoms with Gasteiger partial charge in [-0.2, -0.15) is 8.62 Å². The quantitative estimate of drug-likeness (QED) is 0.156. The van der Waals surface area contributed by atoms with Gasteiger partial charge in [0.25, 0.3) is 5.69 Å². The van der Waals surface area contributed by atoms with Crippen LogP contribution in [0.3, 0.4) is 0 Å². The van der Waals surface area contributed by atoms with Crippen molar-refractivity contribution < 1.29 is 51.3 Å². The standard InChI is InChI=1S/C8H13N2O12P3/c11-10(12)8-4-2-1-3-7(8)9-5-6-20-24(16,17)22-25(18,19)21-23(13,14)15/h1-4,9H,5-6H2,(H,16,17)(H,18,19)(H2,13,14,15). The van der Waals surface area contributed by atoms with Crippen molar-refractivity contribution in [3.8, 4) is 0 Å². The minimum atomic E-state index is -5.57. The van der Waals surface area contributed by atoms with Crippen molar-refractivity contribution in [1.82, 2.24) is 0 Å². The number of para-hydroxylation sites is 2. The lowest BCUT2D eigenvalue weighted by Crippen LogP contribution is -2.10. The second kappa shape index (κ2) is 8.47. The molecule has 0 heterocycles. The van der Waals surface area contributed by atoms with E-state index in [-0.39, 0.29) is 17.9 Å². The summed E-state index contributed by atoms with van der Waals surface area (Å²) < 4.78 is 44.3. The molecule has 25 heavy (non-hydrogen) atoms. The molecule has 0 spiro atoms. The lowest BCUT2D eigenvalue weighted by atomic mass is 10.2. The minimum absolute atomic E-state index is 0.0856. The maximum Gasteiger partial charge on any atom is 0.490 e. The molecule has 1 aromatic rings. The van der Waals surface area contributed by atoms with E-state index in [4.69, 9.17) is 14.7 Å². The van der Waals surface area contributed by atoms with Crippen LogP contribution >= 0.6 is 23.5 Å². The Morgan fingerprint density at radius 1 is 1.04 bits per heavy atom. The highest BCUT2D eigenvalue weighted by molar-refractivity contribution is 7.66. The third-order valence-electron chi connectivity index (χ3n) is 2.19. The van der Waals surface area contributed by atoms with Gasteiger partial charge in [0.05, 0.1) is 11.5 Å². The molecular formula is C8H13N2O12P3. The molecule has 0 radical (unpaired) electrons. The van der Waals surface area contributed by atoms with Crippen molar-refractivity contribution in [1.29, 1.82) is 0 Å². The van der Waals surface area contributed by atoms with E-state index in [1.165, 1.54) is 24.3 Å². The highest BCUT2D eigenvalue weighted by atomic mass is 31.3. The van der Waals surface area contributed by atoms with Gasteiger partial charge >= 0.3 is 23.5 Å². The van der Waals surface area contributed by atoms with Crippen LogP contribution in [0.5, 0.6) is 0 Å². The molecule has 1 rings (SSSR count). The number of hydrogen-bond acceptors (Lipinski definition) is 9. The summed E-state index contributed by atoms with van der Waals surface area (Å²) in [6.45, 7) is -0.858. The molecule has 0 aliphatic rings. The minimum Gasteiger partial charge on any atom is -0.377 e. The number of benzene rings is 1. The van der Waals surface area contributed by atoms with Crippen molar-refractivity contribution in [3.05, 3.63) is 34.4 Å². The molecule has 0 saturated heterocycles. The largest absolute Gasteiger partial charge is 0.490 e. The summed E-state index contributed by atoms with van der Waals surface area (Å²) >= 11 is 0. The number of nitro benzene ring substituents is 1. The average molecular weight is 422 g/mol. The van der Waals surface area contributed by atoms with E-state index in [1.807, 2.05) is 0 Å². The predicted octanol–water partition coefficient (Wildman–Crippen LogP) is 1.35. The molecule has 17 heteroatoms. The Labute approximate surface area is 140 Å². The molecule has 0 aromatic heterocycles. The van der Waals surface area contributed by atoms with Gasteiger partial charge in [-0.25, -0.2) is 13.7 Å². The van der Waals surface area contributed by atoms with E-state index < -0.39 is 35.0 Å². The van der Waals surface area contributed by atoms with Gasteiger partial charge in [0.2, 0.25) is 0 Å². The molecule has 2 unspecified atom stereocenters. The van der Waals surface area contributed by atoms with Gasteiger partial charge in [0.15, 0.2) is 0 Å². The smallest absolute Gasteiger partial charge is 0.377 e. The lowest BCUT2D eigenvalue weighted by molar-refractivity contribution is -0.384. The van der Waals surface area contributed by atoms with Gasteiger partial charge in [0.1, 0.15) is 5.69 Å². The van der Waals surface area contributed by atoms with Crippen LogP contribution in [0.15, 0.2) is 24.3 Å². The number of nitro groups is 1. The van der Waals surface area contributed by atoms with Crippen molar-refractivity contribution in [2.45, 2.75) is 0 Å². The summed E-state index contributed by atoms with van der Waals surface area (Å²) in [6.07, 6.45) is 0. The van der Waals surface area contributed by atoms with Crippen LogP contribution in [0.2, 0.25) is 0 Å². The fraction of sp³-hybridized carbons (Fsp3) is 0.250. The Morgan fingerprint density at radius 3 is 2.20 bits per heavy atom. The predicted molar refractivity (Wildman–Crippen MR) is 81.4 cm³/mol. The van der Waals surface area contributed by atoms with Crippen LogP contribution in [-0.4, -0.2) is 37.6 Å². The Morgan fingerprint density at radius 2 is 1.64 bits per heavy atom. The van der Waals surface area contributed by atoms with Crippen LogP contribution in [0, 0.1) is 10.1 Å². The van der Waals surface area contributed by atoms with Crippen LogP contribution in [0.25, 0.3) is 0 Å². The van der Waals surface area contributed by atoms with E-state index in [0.717, 1.165) is 0 Å². The summed E-state index contributed by atoms with van der Waals surface area (Å²) in [5.41, 5.74) is -0.178. The summed E-state index contributed by atoms with van der Waals surface area (Å²) in [6, 6.07) is 5.50. The zero-order chi connectivity index (χ0) is 19.3. The van der Waals surface area contributed by atoms with Crippen molar-refractivity contribution in [3.63, 3.8) is 0 Å². The number of hydrogen-bond donors (Lipinski definition) is 5. The molecule has 14 nitrogen and oxygen atoms in total.